The predicted octanol–water partition coefficient (Wildman–Crippen LogP) is 3.98. The van der Waals surface area contributed by atoms with Crippen molar-refractivity contribution in [3.05, 3.63) is 52.1 Å². The predicted molar refractivity (Wildman–Crippen MR) is 143 cm³/mol. The van der Waals surface area contributed by atoms with E-state index in [1.165, 1.54) is 0 Å². The van der Waals surface area contributed by atoms with E-state index in [4.69, 9.17) is 10.5 Å². The third-order valence-corrected chi connectivity index (χ3v) is 7.20. The Balaban J connectivity index is 1.49. The first-order valence-electron chi connectivity index (χ1n) is 12.7. The molecule has 0 radical (unpaired) electrons. The van der Waals surface area contributed by atoms with Crippen LogP contribution in [0.1, 0.15) is 54.0 Å². The van der Waals surface area contributed by atoms with Gasteiger partial charge in [0.2, 0.25) is 0 Å². The number of anilines is 2. The molecule has 2 atom stereocenters. The van der Waals surface area contributed by atoms with Gasteiger partial charge in [-0.15, -0.1) is 0 Å². The number of benzene rings is 2. The summed E-state index contributed by atoms with van der Waals surface area (Å²) in [6.07, 6.45) is 1.09. The summed E-state index contributed by atoms with van der Waals surface area (Å²) in [5, 5.41) is 17.0. The smallest absolute Gasteiger partial charge is 0.261 e. The van der Waals surface area contributed by atoms with Crippen LogP contribution in [-0.2, 0) is 4.79 Å². The van der Waals surface area contributed by atoms with Gasteiger partial charge in [0, 0.05) is 37.1 Å². The van der Waals surface area contributed by atoms with Crippen LogP contribution in [0.25, 0.3) is 0 Å². The molecule has 2 unspecified atom stereocenters. The maximum Gasteiger partial charge on any atom is 0.261 e. The molecule has 2 aromatic carbocycles. The lowest BCUT2D eigenvalue weighted by Crippen LogP contribution is -2.50. The number of β-amino-alcohol motifs (C(OH)–C–C–N with tert-alkyl or cyclic N) is 1. The number of likely N-dealkylation sites (tertiary alicyclic amines) is 1. The molecule has 1 fully saturated rings. The number of carbonyl (C=O) groups excluding carboxylic acids is 1. The highest BCUT2D eigenvalue weighted by Gasteiger charge is 2.26. The van der Waals surface area contributed by atoms with Crippen molar-refractivity contribution in [3.63, 3.8) is 0 Å². The fraction of sp³-hybridized carbons (Fsp3) is 0.536. The van der Waals surface area contributed by atoms with Crippen LogP contribution in [0, 0.1) is 34.6 Å². The third kappa shape index (κ3) is 6.67. The number of amides is 1. The topological polar surface area (TPSA) is 99.8 Å². The third-order valence-electron chi connectivity index (χ3n) is 7.20. The molecule has 1 saturated heterocycles. The molecule has 2 aromatic rings. The van der Waals surface area contributed by atoms with Gasteiger partial charge in [-0.1, -0.05) is 25.1 Å². The Labute approximate surface area is 210 Å². The number of nitrogen functional groups attached to an aromatic ring is 1. The van der Waals surface area contributed by atoms with Gasteiger partial charge in [-0.3, -0.25) is 9.69 Å². The number of nitrogens with zero attached hydrogens (tertiary/aromatic N) is 1. The molecular weight excluding hydrogens is 440 g/mol. The Hall–Kier alpha value is -2.77. The summed E-state index contributed by atoms with van der Waals surface area (Å²) in [5.74, 6) is 0.644. The number of ether oxygens (including phenoxy) is 1. The molecule has 1 aliphatic heterocycles. The number of piperidine rings is 1. The second-order valence-corrected chi connectivity index (χ2v) is 9.88. The Bertz CT molecular complexity index is 1010. The average Bonchev–Trinajstić information content (AvgIpc) is 2.82. The highest BCUT2D eigenvalue weighted by atomic mass is 16.5. The fourth-order valence-electron chi connectivity index (χ4n) is 4.72. The van der Waals surface area contributed by atoms with Crippen molar-refractivity contribution in [2.75, 3.05) is 30.7 Å². The summed E-state index contributed by atoms with van der Waals surface area (Å²) in [6.45, 7) is 14.2. The summed E-state index contributed by atoms with van der Waals surface area (Å²) < 4.78 is 6.14. The van der Waals surface area contributed by atoms with Crippen LogP contribution in [0.4, 0.5) is 11.4 Å². The standard InChI is InChI=1S/C28H42N4O3/c1-7-23(35-24-15-19(4)26(29)21(6)20(24)5)28(34)30-22-11-13-32(14-12-22)16-25(33)31-27-17(2)9-8-10-18(27)3/h8-10,15,22-23,25,31,33H,7,11-14,16,29H2,1-6H3,(H,30,34). The minimum atomic E-state index is -0.645. The van der Waals surface area contributed by atoms with Crippen LogP contribution in [0.15, 0.2) is 24.3 Å². The van der Waals surface area contributed by atoms with E-state index in [1.807, 2.05) is 65.8 Å². The highest BCUT2D eigenvalue weighted by molar-refractivity contribution is 5.81. The maximum atomic E-state index is 13.0. The minimum Gasteiger partial charge on any atom is -0.480 e. The molecule has 5 N–H and O–H groups in total. The number of hydrogen-bond donors (Lipinski definition) is 4. The van der Waals surface area contributed by atoms with Crippen molar-refractivity contribution < 1.29 is 14.6 Å². The van der Waals surface area contributed by atoms with Gasteiger partial charge >= 0.3 is 0 Å². The van der Waals surface area contributed by atoms with Crippen LogP contribution >= 0.6 is 0 Å². The number of aryl methyl sites for hydroxylation is 3. The zero-order valence-electron chi connectivity index (χ0n) is 22.1. The van der Waals surface area contributed by atoms with Gasteiger partial charge < -0.3 is 26.2 Å². The van der Waals surface area contributed by atoms with E-state index in [9.17, 15) is 9.90 Å². The minimum absolute atomic E-state index is 0.0748. The number of nitrogens with one attached hydrogen (secondary N) is 2. The first kappa shape index (κ1) is 26.8. The molecule has 1 aliphatic rings. The number of hydrogen-bond acceptors (Lipinski definition) is 6. The largest absolute Gasteiger partial charge is 0.480 e. The van der Waals surface area contributed by atoms with Crippen LogP contribution in [-0.4, -0.2) is 53.9 Å². The van der Waals surface area contributed by atoms with Crippen LogP contribution in [0.2, 0.25) is 0 Å². The fourth-order valence-corrected chi connectivity index (χ4v) is 4.72. The van der Waals surface area contributed by atoms with Gasteiger partial charge in [0.15, 0.2) is 6.10 Å². The number of aliphatic hydroxyl groups is 1. The molecule has 35 heavy (non-hydrogen) atoms. The quantitative estimate of drug-likeness (QED) is 0.319. The highest BCUT2D eigenvalue weighted by Crippen LogP contribution is 2.30. The Morgan fingerprint density at radius 2 is 1.74 bits per heavy atom. The van der Waals surface area contributed by atoms with E-state index in [1.54, 1.807) is 0 Å². The molecule has 192 valence electrons. The van der Waals surface area contributed by atoms with Gasteiger partial charge in [0.1, 0.15) is 12.0 Å². The van der Waals surface area contributed by atoms with E-state index < -0.39 is 12.3 Å². The van der Waals surface area contributed by atoms with Crippen LogP contribution in [0.5, 0.6) is 5.75 Å². The maximum absolute atomic E-state index is 13.0. The number of aliphatic hydroxyl groups excluding tert-OH is 1. The SMILES string of the molecule is CCC(Oc1cc(C)c(N)c(C)c1C)C(=O)NC1CCN(CC(O)Nc2c(C)cccc2C)CC1. The summed E-state index contributed by atoms with van der Waals surface area (Å²) in [6, 6.07) is 8.13. The Kier molecular flexibility index (Phi) is 9.03. The number of nitrogens with two attached hydrogens (primary N) is 1. The average molecular weight is 483 g/mol. The van der Waals surface area contributed by atoms with E-state index in [2.05, 4.69) is 15.5 Å². The molecule has 0 saturated carbocycles. The summed E-state index contributed by atoms with van der Waals surface area (Å²) in [7, 11) is 0. The lowest BCUT2D eigenvalue weighted by atomic mass is 10.0. The lowest BCUT2D eigenvalue weighted by molar-refractivity contribution is -0.129. The van der Waals surface area contributed by atoms with E-state index in [-0.39, 0.29) is 11.9 Å². The number of rotatable bonds is 9. The normalized spacial score (nSPS) is 16.5. The van der Waals surface area contributed by atoms with Crippen LogP contribution in [0.3, 0.4) is 0 Å². The van der Waals surface area contributed by atoms with Crippen molar-refractivity contribution in [1.82, 2.24) is 10.2 Å². The van der Waals surface area contributed by atoms with Gasteiger partial charge in [0.05, 0.1) is 0 Å². The molecule has 1 heterocycles. The molecule has 0 aliphatic carbocycles. The van der Waals surface area contributed by atoms with Crippen molar-refractivity contribution >= 4 is 17.3 Å². The molecule has 7 nitrogen and oxygen atoms in total. The summed E-state index contributed by atoms with van der Waals surface area (Å²) >= 11 is 0. The molecule has 0 spiro atoms. The Morgan fingerprint density at radius 3 is 2.34 bits per heavy atom. The number of carbonyl (C=O) groups is 1. The molecular formula is C28H42N4O3. The van der Waals surface area contributed by atoms with Crippen molar-refractivity contribution in [2.24, 2.45) is 0 Å². The second kappa shape index (κ2) is 11.8. The van der Waals surface area contributed by atoms with Gasteiger partial charge in [-0.2, -0.15) is 0 Å². The molecule has 3 rings (SSSR count). The molecule has 1 amide bonds. The molecule has 7 heteroatoms. The number of para-hydroxylation sites is 1. The zero-order chi connectivity index (χ0) is 25.7. The van der Waals surface area contributed by atoms with Crippen LogP contribution < -0.4 is 21.1 Å². The molecule has 0 aromatic heterocycles. The first-order chi connectivity index (χ1) is 16.6. The van der Waals surface area contributed by atoms with E-state index in [0.717, 1.165) is 70.9 Å². The monoisotopic (exact) mass is 482 g/mol. The summed E-state index contributed by atoms with van der Waals surface area (Å²) in [4.78, 5) is 15.2. The zero-order valence-corrected chi connectivity index (χ0v) is 22.1. The van der Waals surface area contributed by atoms with Crippen molar-refractivity contribution in [2.45, 2.75) is 79.2 Å². The van der Waals surface area contributed by atoms with Gasteiger partial charge in [-0.25, -0.2) is 0 Å². The van der Waals surface area contributed by atoms with E-state index in [0.29, 0.717) is 13.0 Å². The van der Waals surface area contributed by atoms with Gasteiger partial charge in [-0.05, 0) is 87.8 Å². The van der Waals surface area contributed by atoms with Crippen molar-refractivity contribution in [1.29, 1.82) is 0 Å². The van der Waals surface area contributed by atoms with E-state index >= 15 is 0 Å². The Morgan fingerprint density at radius 1 is 1.11 bits per heavy atom. The van der Waals surface area contributed by atoms with Gasteiger partial charge in [0.25, 0.3) is 5.91 Å². The second-order valence-electron chi connectivity index (χ2n) is 9.88. The molecule has 0 bridgehead atoms. The first-order valence-corrected chi connectivity index (χ1v) is 12.7. The lowest BCUT2D eigenvalue weighted by Gasteiger charge is -2.34. The van der Waals surface area contributed by atoms with Crippen molar-refractivity contribution in [3.8, 4) is 5.75 Å². The summed E-state index contributed by atoms with van der Waals surface area (Å²) in [5.41, 5.74) is 13.1.